The Morgan fingerprint density at radius 2 is 0.545 bits per heavy atom. The average Bonchev–Trinajstić information content (AvgIpc) is 1.66. The highest BCUT2D eigenvalue weighted by atomic mass is 32.1. The minimum absolute atomic E-state index is 0.0579. The second-order valence-electron chi connectivity index (χ2n) is 28.8. The Morgan fingerprint density at radius 3 is 1.09 bits per heavy atom. The van der Waals surface area contributed by atoms with Gasteiger partial charge in [-0.05, 0) is 199 Å². The largest absolute Gasteiger partial charge is 0.135 e. The van der Waals surface area contributed by atoms with Crippen LogP contribution in [0.4, 0.5) is 0 Å². The highest BCUT2D eigenvalue weighted by molar-refractivity contribution is 7.26. The van der Waals surface area contributed by atoms with Crippen LogP contribution in [0.1, 0.15) is 49.9 Å². The molecule has 0 spiro atoms. The molecular weight excluding hydrogens is 1230 g/mol. The molecule has 2 aliphatic rings. The monoisotopic (exact) mass is 1300 g/mol. The molecule has 0 nitrogen and oxygen atoms in total. The van der Waals surface area contributed by atoms with Gasteiger partial charge in [0.05, 0.1) is 0 Å². The maximum absolute atomic E-state index is 2.47. The molecular formula is C100H68S. The SMILES string of the molecule is CC1(C)c2ccc(-c3c4ccccc4c(-c4cccc5c4sc4ccccc45)c4ccccc34)cc2-c2ccc3ccccc3c21.CC1(C)c2ccc(-c3ccc(-c4c5ccccc5c(-c5ccccc5-c5cccc6ccccc56)c5ccccc45)cc3)cc2-c2ccc3ccccc3c21. The number of fused-ring (bicyclic) bond motifs is 18. The van der Waals surface area contributed by atoms with Crippen LogP contribution in [0, 0.1) is 0 Å². The minimum atomic E-state index is -0.0685. The first-order valence-electron chi connectivity index (χ1n) is 35.5. The molecule has 0 atom stereocenters. The van der Waals surface area contributed by atoms with Gasteiger partial charge in [-0.3, -0.25) is 0 Å². The molecule has 2 aliphatic carbocycles. The fourth-order valence-electron chi connectivity index (χ4n) is 18.2. The summed E-state index contributed by atoms with van der Waals surface area (Å²) >= 11 is 1.91. The number of rotatable bonds is 6. The molecule has 474 valence electrons. The molecule has 0 N–H and O–H groups in total. The molecule has 0 aliphatic heterocycles. The first-order valence-corrected chi connectivity index (χ1v) is 36.3. The van der Waals surface area contributed by atoms with Crippen LogP contribution in [0.5, 0.6) is 0 Å². The number of hydrogen-bond donors (Lipinski definition) is 0. The quantitative estimate of drug-likeness (QED) is 0.146. The van der Waals surface area contributed by atoms with Gasteiger partial charge in [0.1, 0.15) is 0 Å². The van der Waals surface area contributed by atoms with Crippen molar-refractivity contribution in [3.8, 4) is 89.0 Å². The maximum atomic E-state index is 2.47. The first-order chi connectivity index (χ1) is 49.7. The molecule has 0 radical (unpaired) electrons. The van der Waals surface area contributed by atoms with Crippen LogP contribution >= 0.6 is 11.3 Å². The van der Waals surface area contributed by atoms with E-state index in [0.717, 1.165) is 0 Å². The predicted octanol–water partition coefficient (Wildman–Crippen LogP) is 28.4. The molecule has 18 aromatic carbocycles. The van der Waals surface area contributed by atoms with E-state index in [1.54, 1.807) is 0 Å². The van der Waals surface area contributed by atoms with Crippen molar-refractivity contribution in [2.75, 3.05) is 0 Å². The zero-order valence-electron chi connectivity index (χ0n) is 56.7. The summed E-state index contributed by atoms with van der Waals surface area (Å²) in [5.41, 5.74) is 26.2. The lowest BCUT2D eigenvalue weighted by Gasteiger charge is -2.23. The van der Waals surface area contributed by atoms with Crippen molar-refractivity contribution in [3.63, 3.8) is 0 Å². The van der Waals surface area contributed by atoms with E-state index in [-0.39, 0.29) is 10.8 Å². The molecule has 0 saturated heterocycles. The second kappa shape index (κ2) is 22.8. The molecule has 0 saturated carbocycles. The summed E-state index contributed by atoms with van der Waals surface area (Å²) < 4.78 is 2.69. The van der Waals surface area contributed by atoms with Gasteiger partial charge < -0.3 is 0 Å². The minimum Gasteiger partial charge on any atom is -0.135 e. The van der Waals surface area contributed by atoms with Gasteiger partial charge in [0, 0.05) is 36.6 Å². The second-order valence-corrected chi connectivity index (χ2v) is 29.9. The molecule has 1 heterocycles. The van der Waals surface area contributed by atoms with Crippen LogP contribution in [0.2, 0.25) is 0 Å². The zero-order chi connectivity index (χ0) is 67.2. The smallest absolute Gasteiger partial charge is 0.0434 e. The molecule has 1 heteroatoms. The summed E-state index contributed by atoms with van der Waals surface area (Å²) in [6.45, 7) is 9.53. The van der Waals surface area contributed by atoms with Gasteiger partial charge in [-0.1, -0.05) is 349 Å². The Balaban J connectivity index is 0.000000138. The molecule has 0 bridgehead atoms. The molecule has 101 heavy (non-hydrogen) atoms. The third kappa shape index (κ3) is 8.99. The first kappa shape index (κ1) is 59.1. The molecule has 1 aromatic heterocycles. The Hall–Kier alpha value is -12.0. The van der Waals surface area contributed by atoms with E-state index in [1.165, 1.54) is 207 Å². The van der Waals surface area contributed by atoms with E-state index in [1.807, 2.05) is 11.3 Å². The van der Waals surface area contributed by atoms with Crippen molar-refractivity contribution in [2.24, 2.45) is 0 Å². The predicted molar refractivity (Wildman–Crippen MR) is 436 cm³/mol. The van der Waals surface area contributed by atoms with Crippen LogP contribution in [0.15, 0.2) is 340 Å². The lowest BCUT2D eigenvalue weighted by Crippen LogP contribution is -2.15. The summed E-state index contributed by atoms with van der Waals surface area (Å²) in [6, 6.07) is 127. The van der Waals surface area contributed by atoms with Gasteiger partial charge >= 0.3 is 0 Å². The van der Waals surface area contributed by atoms with E-state index in [0.29, 0.717) is 0 Å². The Labute approximate surface area is 592 Å². The third-order valence-electron chi connectivity index (χ3n) is 22.7. The van der Waals surface area contributed by atoms with Gasteiger partial charge in [-0.15, -0.1) is 11.3 Å². The van der Waals surface area contributed by atoms with Crippen molar-refractivity contribution < 1.29 is 0 Å². The van der Waals surface area contributed by atoms with E-state index >= 15 is 0 Å². The number of thiophene rings is 1. The Kier molecular flexibility index (Phi) is 13.3. The van der Waals surface area contributed by atoms with Gasteiger partial charge in [-0.25, -0.2) is 0 Å². The van der Waals surface area contributed by atoms with Gasteiger partial charge in [-0.2, -0.15) is 0 Å². The van der Waals surface area contributed by atoms with Crippen LogP contribution in [0.25, 0.3) is 185 Å². The van der Waals surface area contributed by atoms with Crippen LogP contribution < -0.4 is 0 Å². The van der Waals surface area contributed by atoms with Gasteiger partial charge in [0.25, 0.3) is 0 Å². The molecule has 21 rings (SSSR count). The Bertz CT molecular complexity index is 6570. The molecule has 19 aromatic rings. The normalized spacial score (nSPS) is 13.3. The van der Waals surface area contributed by atoms with Crippen LogP contribution in [-0.4, -0.2) is 0 Å². The van der Waals surface area contributed by atoms with E-state index in [4.69, 9.17) is 0 Å². The van der Waals surface area contributed by atoms with E-state index in [9.17, 15) is 0 Å². The molecule has 0 amide bonds. The summed E-state index contributed by atoms with van der Waals surface area (Å²) in [5.74, 6) is 0. The Morgan fingerprint density at radius 1 is 0.198 bits per heavy atom. The molecule has 0 unspecified atom stereocenters. The van der Waals surface area contributed by atoms with E-state index in [2.05, 4.69) is 367 Å². The highest BCUT2D eigenvalue weighted by Crippen LogP contribution is 2.56. The van der Waals surface area contributed by atoms with Crippen LogP contribution in [-0.2, 0) is 10.8 Å². The van der Waals surface area contributed by atoms with Crippen molar-refractivity contribution in [1.29, 1.82) is 0 Å². The third-order valence-corrected chi connectivity index (χ3v) is 23.9. The zero-order valence-corrected chi connectivity index (χ0v) is 57.6. The average molecular weight is 1300 g/mol. The summed E-state index contributed by atoms with van der Waals surface area (Å²) in [5, 5.41) is 20.8. The fourth-order valence-corrected chi connectivity index (χ4v) is 19.4. The highest BCUT2D eigenvalue weighted by Gasteiger charge is 2.39. The number of benzene rings is 18. The van der Waals surface area contributed by atoms with Gasteiger partial charge in [0.15, 0.2) is 0 Å². The fraction of sp³-hybridized carbons (Fsp3) is 0.0600. The van der Waals surface area contributed by atoms with Gasteiger partial charge in [0.2, 0.25) is 0 Å². The number of hydrogen-bond acceptors (Lipinski definition) is 1. The summed E-state index contributed by atoms with van der Waals surface area (Å²) in [4.78, 5) is 0. The van der Waals surface area contributed by atoms with Crippen LogP contribution in [0.3, 0.4) is 0 Å². The van der Waals surface area contributed by atoms with Crippen molar-refractivity contribution >= 4 is 107 Å². The summed E-state index contributed by atoms with van der Waals surface area (Å²) in [7, 11) is 0. The topological polar surface area (TPSA) is 0 Å². The van der Waals surface area contributed by atoms with Crippen molar-refractivity contribution in [3.05, 3.63) is 362 Å². The summed E-state index contributed by atoms with van der Waals surface area (Å²) in [6.07, 6.45) is 0. The van der Waals surface area contributed by atoms with E-state index < -0.39 is 0 Å². The van der Waals surface area contributed by atoms with Crippen molar-refractivity contribution in [2.45, 2.75) is 38.5 Å². The molecule has 0 fully saturated rings. The lowest BCUT2D eigenvalue weighted by atomic mass is 9.80. The maximum Gasteiger partial charge on any atom is 0.0434 e. The lowest BCUT2D eigenvalue weighted by molar-refractivity contribution is 0.666. The van der Waals surface area contributed by atoms with Crippen molar-refractivity contribution in [1.82, 2.24) is 0 Å². The standard InChI is InChI=1S/C55H38.C45H30S/c1-55(2)51-33-31-39(34-50(51)49-32-30-37-15-4-6-18-41(37)54(49)55)35-26-28-38(29-27-35)52-45-21-9-11-23-47(45)53(48-24-12-10-22-46(48)52)44-20-8-7-19-43(44)42-25-13-16-36-14-3-5-17-40(36)42;1-45(2)39-25-23-28(26-38(39)35-24-22-27-12-3-4-13-29(27)43(35)45)41-31-15-5-7-17-33(31)42(34-18-8-6-16-32(34)41)37-20-11-19-36-30-14-9-10-21-40(30)46-44(36)37/h3-34H,1-2H3;3-26H,1-2H3.